The lowest BCUT2D eigenvalue weighted by Gasteiger charge is -2.39. The number of amides is 1. The van der Waals surface area contributed by atoms with Gasteiger partial charge in [-0.25, -0.2) is 0 Å². The van der Waals surface area contributed by atoms with E-state index in [0.29, 0.717) is 22.4 Å². The predicted octanol–water partition coefficient (Wildman–Crippen LogP) is 3.37. The average Bonchev–Trinajstić information content (AvgIpc) is 2.42. The maximum absolute atomic E-state index is 12.4. The molecule has 0 aromatic heterocycles. The van der Waals surface area contributed by atoms with E-state index in [1.807, 2.05) is 6.92 Å². The Morgan fingerprint density at radius 2 is 2.19 bits per heavy atom. The molecule has 21 heavy (non-hydrogen) atoms. The van der Waals surface area contributed by atoms with Gasteiger partial charge >= 0.3 is 0 Å². The normalized spacial score (nSPS) is 24.6. The van der Waals surface area contributed by atoms with Crippen molar-refractivity contribution in [2.24, 2.45) is 5.92 Å². The zero-order valence-corrected chi connectivity index (χ0v) is 13.7. The molecule has 0 aliphatic carbocycles. The van der Waals surface area contributed by atoms with Gasteiger partial charge in [-0.05, 0) is 57.4 Å². The number of nitrogens with two attached hydrogens (primary N) is 1. The summed E-state index contributed by atoms with van der Waals surface area (Å²) in [5.41, 5.74) is 6.92. The lowest BCUT2D eigenvalue weighted by molar-refractivity contribution is -0.122. The SMILES string of the molecule is CC1CCN(C(C)C(=O)Nc2ccc(Cl)c(N)c2)C(C)C1. The number of likely N-dealkylation sites (tertiary alicyclic amines) is 1. The van der Waals surface area contributed by atoms with E-state index >= 15 is 0 Å². The van der Waals surface area contributed by atoms with E-state index in [-0.39, 0.29) is 11.9 Å². The van der Waals surface area contributed by atoms with Gasteiger partial charge in [0.25, 0.3) is 0 Å². The first-order chi connectivity index (χ1) is 9.88. The number of carbonyl (C=O) groups is 1. The first-order valence-corrected chi connectivity index (χ1v) is 7.88. The second kappa shape index (κ2) is 6.67. The average molecular weight is 310 g/mol. The van der Waals surface area contributed by atoms with Gasteiger partial charge in [0.05, 0.1) is 16.8 Å². The summed E-state index contributed by atoms with van der Waals surface area (Å²) in [7, 11) is 0. The highest BCUT2D eigenvalue weighted by Gasteiger charge is 2.30. The molecule has 3 N–H and O–H groups in total. The van der Waals surface area contributed by atoms with Gasteiger partial charge in [-0.3, -0.25) is 9.69 Å². The zero-order valence-electron chi connectivity index (χ0n) is 12.9. The minimum absolute atomic E-state index is 0.00174. The summed E-state index contributed by atoms with van der Waals surface area (Å²) in [5.74, 6) is 0.737. The Bertz CT molecular complexity index is 520. The molecule has 1 aromatic rings. The van der Waals surface area contributed by atoms with Crippen LogP contribution in [-0.2, 0) is 4.79 Å². The summed E-state index contributed by atoms with van der Waals surface area (Å²) in [5, 5.41) is 3.42. The molecule has 4 nitrogen and oxygen atoms in total. The number of hydrogen-bond donors (Lipinski definition) is 2. The van der Waals surface area contributed by atoms with Crippen molar-refractivity contribution < 1.29 is 4.79 Å². The van der Waals surface area contributed by atoms with E-state index in [0.717, 1.165) is 25.3 Å². The van der Waals surface area contributed by atoms with Gasteiger partial charge in [-0.2, -0.15) is 0 Å². The molecule has 1 fully saturated rings. The molecular weight excluding hydrogens is 286 g/mol. The van der Waals surface area contributed by atoms with Crippen LogP contribution in [0.15, 0.2) is 18.2 Å². The molecule has 0 spiro atoms. The predicted molar refractivity (Wildman–Crippen MR) is 88.5 cm³/mol. The Balaban J connectivity index is 2.00. The molecule has 2 rings (SSSR count). The van der Waals surface area contributed by atoms with Crippen LogP contribution in [0.4, 0.5) is 11.4 Å². The molecule has 116 valence electrons. The Morgan fingerprint density at radius 1 is 1.48 bits per heavy atom. The number of benzene rings is 1. The molecule has 3 atom stereocenters. The minimum Gasteiger partial charge on any atom is -0.397 e. The number of hydrogen-bond acceptors (Lipinski definition) is 3. The van der Waals surface area contributed by atoms with Crippen LogP contribution >= 0.6 is 11.6 Å². The van der Waals surface area contributed by atoms with Crippen LogP contribution in [0.5, 0.6) is 0 Å². The van der Waals surface area contributed by atoms with E-state index in [9.17, 15) is 4.79 Å². The van der Waals surface area contributed by atoms with Crippen molar-refractivity contribution in [3.8, 4) is 0 Å². The number of piperidine rings is 1. The van der Waals surface area contributed by atoms with Gasteiger partial charge in [0.2, 0.25) is 5.91 Å². The third kappa shape index (κ3) is 3.89. The van der Waals surface area contributed by atoms with Crippen molar-refractivity contribution in [1.82, 2.24) is 4.90 Å². The summed E-state index contributed by atoms with van der Waals surface area (Å²) < 4.78 is 0. The lowest BCUT2D eigenvalue weighted by Crippen LogP contribution is -2.50. The molecule has 1 aromatic carbocycles. The Hall–Kier alpha value is -1.26. The number of carbonyl (C=O) groups excluding carboxylic acids is 1. The number of anilines is 2. The van der Waals surface area contributed by atoms with Gasteiger partial charge in [0.15, 0.2) is 0 Å². The highest BCUT2D eigenvalue weighted by molar-refractivity contribution is 6.33. The summed E-state index contributed by atoms with van der Waals surface area (Å²) in [4.78, 5) is 14.7. The molecule has 1 amide bonds. The molecule has 3 unspecified atom stereocenters. The Labute approximate surface area is 131 Å². The van der Waals surface area contributed by atoms with E-state index < -0.39 is 0 Å². The fourth-order valence-electron chi connectivity index (χ4n) is 3.02. The lowest BCUT2D eigenvalue weighted by atomic mass is 9.92. The number of nitrogens with zero attached hydrogens (tertiary/aromatic N) is 1. The number of nitrogens with one attached hydrogen (secondary N) is 1. The summed E-state index contributed by atoms with van der Waals surface area (Å²) in [6.45, 7) is 7.40. The molecule has 0 radical (unpaired) electrons. The highest BCUT2D eigenvalue weighted by Crippen LogP contribution is 2.25. The van der Waals surface area contributed by atoms with Crippen molar-refractivity contribution in [2.45, 2.75) is 45.7 Å². The molecule has 1 heterocycles. The topological polar surface area (TPSA) is 58.4 Å². The monoisotopic (exact) mass is 309 g/mol. The van der Waals surface area contributed by atoms with Crippen LogP contribution in [0, 0.1) is 5.92 Å². The maximum Gasteiger partial charge on any atom is 0.241 e. The van der Waals surface area contributed by atoms with Crippen LogP contribution < -0.4 is 11.1 Å². The third-order valence-corrected chi connectivity index (χ3v) is 4.67. The maximum atomic E-state index is 12.4. The molecule has 0 saturated carbocycles. The molecule has 1 aliphatic rings. The third-order valence-electron chi connectivity index (χ3n) is 4.33. The highest BCUT2D eigenvalue weighted by atomic mass is 35.5. The number of halogens is 1. The minimum atomic E-state index is -0.149. The molecule has 5 heteroatoms. The standard InChI is InChI=1S/C16H24ClN3O/c1-10-6-7-20(11(2)8-10)12(3)16(21)19-13-4-5-14(17)15(18)9-13/h4-5,9-12H,6-8,18H2,1-3H3,(H,19,21). The summed E-state index contributed by atoms with van der Waals surface area (Å²) >= 11 is 5.89. The van der Waals surface area contributed by atoms with Crippen molar-refractivity contribution in [2.75, 3.05) is 17.6 Å². The molecule has 0 bridgehead atoms. The summed E-state index contributed by atoms with van der Waals surface area (Å²) in [6, 6.07) is 5.44. The first kappa shape index (κ1) is 16.1. The van der Waals surface area contributed by atoms with Crippen LogP contribution in [0.1, 0.15) is 33.6 Å². The number of rotatable bonds is 3. The van der Waals surface area contributed by atoms with E-state index in [1.165, 1.54) is 0 Å². The van der Waals surface area contributed by atoms with E-state index in [2.05, 4.69) is 24.1 Å². The summed E-state index contributed by atoms with van der Waals surface area (Å²) in [6.07, 6.45) is 2.29. The van der Waals surface area contributed by atoms with Gasteiger partial charge in [-0.15, -0.1) is 0 Å². The van der Waals surface area contributed by atoms with Gasteiger partial charge in [-0.1, -0.05) is 18.5 Å². The van der Waals surface area contributed by atoms with E-state index in [4.69, 9.17) is 17.3 Å². The zero-order chi connectivity index (χ0) is 15.6. The fourth-order valence-corrected chi connectivity index (χ4v) is 3.14. The molecule has 1 aliphatic heterocycles. The van der Waals surface area contributed by atoms with Crippen molar-refractivity contribution in [1.29, 1.82) is 0 Å². The largest absolute Gasteiger partial charge is 0.397 e. The number of nitrogen functional groups attached to an aromatic ring is 1. The second-order valence-electron chi connectivity index (χ2n) is 6.12. The van der Waals surface area contributed by atoms with Crippen LogP contribution in [0.25, 0.3) is 0 Å². The van der Waals surface area contributed by atoms with Crippen LogP contribution in [0.2, 0.25) is 5.02 Å². The van der Waals surface area contributed by atoms with Crippen LogP contribution in [-0.4, -0.2) is 29.4 Å². The second-order valence-corrected chi connectivity index (χ2v) is 6.53. The fraction of sp³-hybridized carbons (Fsp3) is 0.562. The van der Waals surface area contributed by atoms with Crippen LogP contribution in [0.3, 0.4) is 0 Å². The Morgan fingerprint density at radius 3 is 2.81 bits per heavy atom. The Kier molecular flexibility index (Phi) is 5.12. The molecule has 1 saturated heterocycles. The van der Waals surface area contributed by atoms with Crippen molar-refractivity contribution in [3.63, 3.8) is 0 Å². The van der Waals surface area contributed by atoms with Gasteiger partial charge < -0.3 is 11.1 Å². The smallest absolute Gasteiger partial charge is 0.241 e. The van der Waals surface area contributed by atoms with Gasteiger partial charge in [0.1, 0.15) is 0 Å². The van der Waals surface area contributed by atoms with Gasteiger partial charge in [0, 0.05) is 11.7 Å². The molecular formula is C16H24ClN3O. The van der Waals surface area contributed by atoms with E-state index in [1.54, 1.807) is 18.2 Å². The van der Waals surface area contributed by atoms with Crippen molar-refractivity contribution >= 4 is 28.9 Å². The van der Waals surface area contributed by atoms with Crippen molar-refractivity contribution in [3.05, 3.63) is 23.2 Å². The first-order valence-electron chi connectivity index (χ1n) is 7.50. The quantitative estimate of drug-likeness (QED) is 0.842.